The molecule has 0 spiro atoms. The lowest BCUT2D eigenvalue weighted by Crippen LogP contribution is -2.49. The number of hydrogen-bond donors (Lipinski definition) is 1. The Kier molecular flexibility index (Phi) is 4.18. The SMILES string of the molecule is Cc1ccc(BOC(C)(C)C(C)(C)O)c(F)c1F. The maximum Gasteiger partial charge on any atom is 0.312 e. The number of aryl methyl sites for hydroxylation is 1. The molecule has 0 saturated carbocycles. The highest BCUT2D eigenvalue weighted by Crippen LogP contribution is 2.24. The monoisotopic (exact) mass is 256 g/mol. The average Bonchev–Trinajstić information content (AvgIpc) is 2.23. The van der Waals surface area contributed by atoms with Crippen LogP contribution in [-0.2, 0) is 4.65 Å². The number of aliphatic hydroxyl groups is 1. The Hall–Kier alpha value is -0.935. The number of benzene rings is 1. The van der Waals surface area contributed by atoms with Gasteiger partial charge in [0.25, 0.3) is 0 Å². The molecule has 18 heavy (non-hydrogen) atoms. The standard InChI is InChI=1S/C13H19BF2O2/c1-8-6-7-9(11(16)10(8)15)14-18-13(4,5)12(2,3)17/h6-7,14,17H,1-5H3. The van der Waals surface area contributed by atoms with Crippen molar-refractivity contribution >= 4 is 12.9 Å². The molecule has 100 valence electrons. The van der Waals surface area contributed by atoms with Crippen molar-refractivity contribution in [2.45, 2.75) is 45.8 Å². The van der Waals surface area contributed by atoms with Gasteiger partial charge in [0.05, 0.1) is 11.2 Å². The van der Waals surface area contributed by atoms with E-state index in [0.717, 1.165) is 0 Å². The Morgan fingerprint density at radius 2 is 1.67 bits per heavy atom. The Labute approximate surface area is 107 Å². The molecule has 1 N–H and O–H groups in total. The maximum absolute atomic E-state index is 13.6. The maximum atomic E-state index is 13.6. The normalized spacial score (nSPS) is 12.7. The topological polar surface area (TPSA) is 29.5 Å². The predicted octanol–water partition coefficient (Wildman–Crippen LogP) is 1.82. The summed E-state index contributed by atoms with van der Waals surface area (Å²) in [6.45, 7) is 8.13. The van der Waals surface area contributed by atoms with Gasteiger partial charge >= 0.3 is 7.48 Å². The Balaban J connectivity index is 2.85. The molecule has 5 heteroatoms. The summed E-state index contributed by atoms with van der Waals surface area (Å²) in [6, 6.07) is 3.00. The summed E-state index contributed by atoms with van der Waals surface area (Å²) in [4.78, 5) is 0. The van der Waals surface area contributed by atoms with Crippen molar-refractivity contribution in [1.29, 1.82) is 0 Å². The molecule has 0 bridgehead atoms. The molecule has 1 aromatic rings. The van der Waals surface area contributed by atoms with Gasteiger partial charge in [0.15, 0.2) is 11.6 Å². The van der Waals surface area contributed by atoms with Crippen LogP contribution in [0.15, 0.2) is 12.1 Å². The van der Waals surface area contributed by atoms with Gasteiger partial charge in [0.1, 0.15) is 0 Å². The van der Waals surface area contributed by atoms with E-state index in [9.17, 15) is 13.9 Å². The zero-order chi connectivity index (χ0) is 14.1. The van der Waals surface area contributed by atoms with E-state index in [4.69, 9.17) is 4.65 Å². The molecule has 0 unspecified atom stereocenters. The summed E-state index contributed by atoms with van der Waals surface area (Å²) in [5.41, 5.74) is -1.53. The molecule has 1 aromatic carbocycles. The fraction of sp³-hybridized carbons (Fsp3) is 0.538. The van der Waals surface area contributed by atoms with Crippen LogP contribution >= 0.6 is 0 Å². The fourth-order valence-corrected chi connectivity index (χ4v) is 1.23. The summed E-state index contributed by atoms with van der Waals surface area (Å²) in [7, 11) is -0.0833. The highest BCUT2D eigenvalue weighted by Gasteiger charge is 2.36. The second-order valence-corrected chi connectivity index (χ2v) is 5.53. The summed E-state index contributed by atoms with van der Waals surface area (Å²) >= 11 is 0. The van der Waals surface area contributed by atoms with Crippen molar-refractivity contribution in [1.82, 2.24) is 0 Å². The van der Waals surface area contributed by atoms with Crippen LogP contribution in [0.1, 0.15) is 33.3 Å². The third kappa shape index (κ3) is 3.09. The molecule has 0 heterocycles. The van der Waals surface area contributed by atoms with Gasteiger partial charge in [-0.1, -0.05) is 12.1 Å². The number of halogens is 2. The van der Waals surface area contributed by atoms with Gasteiger partial charge in [-0.2, -0.15) is 0 Å². The Morgan fingerprint density at radius 1 is 1.11 bits per heavy atom. The van der Waals surface area contributed by atoms with Crippen LogP contribution in [0.3, 0.4) is 0 Å². The smallest absolute Gasteiger partial charge is 0.312 e. The molecule has 0 saturated heterocycles. The van der Waals surface area contributed by atoms with E-state index >= 15 is 0 Å². The van der Waals surface area contributed by atoms with Gasteiger partial charge in [0.2, 0.25) is 0 Å². The highest BCUT2D eigenvalue weighted by molar-refractivity contribution is 6.47. The summed E-state index contributed by atoms with van der Waals surface area (Å²) in [6.07, 6.45) is 0. The minimum atomic E-state index is -1.08. The molecular weight excluding hydrogens is 237 g/mol. The van der Waals surface area contributed by atoms with E-state index in [1.807, 2.05) is 0 Å². The highest BCUT2D eigenvalue weighted by atomic mass is 19.2. The molecule has 0 amide bonds. The largest absolute Gasteiger partial charge is 0.427 e. The summed E-state index contributed by atoms with van der Waals surface area (Å²) < 4.78 is 32.5. The van der Waals surface area contributed by atoms with Crippen LogP contribution in [-0.4, -0.2) is 23.8 Å². The Bertz CT molecular complexity index is 439. The van der Waals surface area contributed by atoms with Crippen LogP contribution in [0.5, 0.6) is 0 Å². The first-order valence-corrected chi connectivity index (χ1v) is 5.86. The van der Waals surface area contributed by atoms with Crippen molar-refractivity contribution in [2.24, 2.45) is 0 Å². The molecule has 0 atom stereocenters. The molecule has 2 nitrogen and oxygen atoms in total. The van der Waals surface area contributed by atoms with Crippen molar-refractivity contribution in [2.75, 3.05) is 0 Å². The van der Waals surface area contributed by atoms with Gasteiger partial charge in [-0.15, -0.1) is 0 Å². The lowest BCUT2D eigenvalue weighted by Gasteiger charge is -2.37. The number of hydrogen-bond acceptors (Lipinski definition) is 2. The zero-order valence-electron chi connectivity index (χ0n) is 11.5. The van der Waals surface area contributed by atoms with Crippen LogP contribution < -0.4 is 5.46 Å². The van der Waals surface area contributed by atoms with Gasteiger partial charge in [-0.3, -0.25) is 0 Å². The molecule has 0 radical (unpaired) electrons. The van der Waals surface area contributed by atoms with E-state index < -0.39 is 22.8 Å². The van der Waals surface area contributed by atoms with Gasteiger partial charge in [0, 0.05) is 0 Å². The molecule has 1 rings (SSSR count). The molecule has 0 aliphatic rings. The van der Waals surface area contributed by atoms with E-state index in [-0.39, 0.29) is 18.5 Å². The second-order valence-electron chi connectivity index (χ2n) is 5.53. The van der Waals surface area contributed by atoms with E-state index in [2.05, 4.69) is 0 Å². The quantitative estimate of drug-likeness (QED) is 0.832. The molecular formula is C13H19BF2O2. The van der Waals surface area contributed by atoms with E-state index in [1.165, 1.54) is 19.1 Å². The van der Waals surface area contributed by atoms with Crippen LogP contribution in [0.2, 0.25) is 0 Å². The number of rotatable bonds is 4. The van der Waals surface area contributed by atoms with Gasteiger partial charge < -0.3 is 9.76 Å². The average molecular weight is 256 g/mol. The molecule has 0 aliphatic heterocycles. The van der Waals surface area contributed by atoms with Crippen molar-refractivity contribution in [3.8, 4) is 0 Å². The first kappa shape index (κ1) is 15.1. The first-order chi connectivity index (χ1) is 8.06. The fourth-order valence-electron chi connectivity index (χ4n) is 1.23. The lowest BCUT2D eigenvalue weighted by atomic mass is 9.82. The van der Waals surface area contributed by atoms with Crippen LogP contribution in [0.4, 0.5) is 8.78 Å². The molecule has 0 aromatic heterocycles. The third-order valence-electron chi connectivity index (χ3n) is 3.42. The van der Waals surface area contributed by atoms with Crippen molar-refractivity contribution in [3.05, 3.63) is 29.3 Å². The summed E-state index contributed by atoms with van der Waals surface area (Å²) in [5, 5.41) is 9.90. The Morgan fingerprint density at radius 3 is 2.17 bits per heavy atom. The van der Waals surface area contributed by atoms with Crippen molar-refractivity contribution < 1.29 is 18.5 Å². The second kappa shape index (κ2) is 4.98. The first-order valence-electron chi connectivity index (χ1n) is 5.86. The van der Waals surface area contributed by atoms with Crippen LogP contribution in [0, 0.1) is 18.6 Å². The minimum Gasteiger partial charge on any atom is -0.427 e. The van der Waals surface area contributed by atoms with E-state index in [1.54, 1.807) is 27.7 Å². The molecule has 0 fully saturated rings. The van der Waals surface area contributed by atoms with Gasteiger partial charge in [-0.05, 0) is 45.6 Å². The van der Waals surface area contributed by atoms with Gasteiger partial charge in [-0.25, -0.2) is 8.78 Å². The minimum absolute atomic E-state index is 0.0833. The van der Waals surface area contributed by atoms with E-state index in [0.29, 0.717) is 0 Å². The zero-order valence-corrected chi connectivity index (χ0v) is 11.5. The molecule has 0 aliphatic carbocycles. The lowest BCUT2D eigenvalue weighted by molar-refractivity contribution is -0.0893. The van der Waals surface area contributed by atoms with Crippen molar-refractivity contribution in [3.63, 3.8) is 0 Å². The third-order valence-corrected chi connectivity index (χ3v) is 3.42. The predicted molar refractivity (Wildman–Crippen MR) is 69.3 cm³/mol. The van der Waals surface area contributed by atoms with Crippen LogP contribution in [0.25, 0.3) is 0 Å². The summed E-state index contributed by atoms with van der Waals surface area (Å²) in [5.74, 6) is -1.74.